The second-order valence-corrected chi connectivity index (χ2v) is 7.69. The lowest BCUT2D eigenvalue weighted by Crippen LogP contribution is -2.31. The molecular formula is C27H46N4. The van der Waals surface area contributed by atoms with Gasteiger partial charge in [-0.05, 0) is 58.1 Å². The van der Waals surface area contributed by atoms with E-state index in [2.05, 4.69) is 61.8 Å². The van der Waals surface area contributed by atoms with E-state index < -0.39 is 0 Å². The Hall–Kier alpha value is -2.17. The van der Waals surface area contributed by atoms with Gasteiger partial charge in [-0.2, -0.15) is 5.10 Å². The lowest BCUT2D eigenvalue weighted by atomic mass is 10.1. The molecule has 4 heteroatoms. The average molecular weight is 427 g/mol. The summed E-state index contributed by atoms with van der Waals surface area (Å²) in [6.07, 6.45) is 21.5. The maximum absolute atomic E-state index is 5.84. The molecule has 0 aromatic heterocycles. The van der Waals surface area contributed by atoms with Crippen LogP contribution in [0, 0.1) is 0 Å². The fourth-order valence-corrected chi connectivity index (χ4v) is 3.17. The number of hydrogen-bond donors (Lipinski definition) is 1. The fourth-order valence-electron chi connectivity index (χ4n) is 3.17. The van der Waals surface area contributed by atoms with Gasteiger partial charge in [0.25, 0.3) is 0 Å². The number of hydrogen-bond acceptors (Lipinski definition) is 4. The Bertz CT molecular complexity index is 625. The first kappa shape index (κ1) is 28.8. The zero-order valence-corrected chi connectivity index (χ0v) is 20.4. The van der Waals surface area contributed by atoms with Gasteiger partial charge in [-0.15, -0.1) is 0 Å². The minimum Gasteiger partial charge on any atom is -0.329 e. The molecule has 4 nitrogen and oxygen atoms in total. The van der Waals surface area contributed by atoms with E-state index >= 15 is 0 Å². The average Bonchev–Trinajstić information content (AvgIpc) is 2.75. The van der Waals surface area contributed by atoms with Gasteiger partial charge in [0.2, 0.25) is 0 Å². The highest BCUT2D eigenvalue weighted by atomic mass is 15.4. The molecule has 0 saturated carbocycles. The topological polar surface area (TPSA) is 44.9 Å². The van der Waals surface area contributed by atoms with Gasteiger partial charge >= 0.3 is 0 Å². The van der Waals surface area contributed by atoms with Crippen molar-refractivity contribution in [2.45, 2.75) is 65.7 Å². The van der Waals surface area contributed by atoms with E-state index in [9.17, 15) is 0 Å². The van der Waals surface area contributed by atoms with Gasteiger partial charge < -0.3 is 10.6 Å². The van der Waals surface area contributed by atoms with E-state index in [1.165, 1.54) is 11.1 Å². The normalized spacial score (nSPS) is 12.8. The van der Waals surface area contributed by atoms with Gasteiger partial charge in [0.1, 0.15) is 0 Å². The van der Waals surface area contributed by atoms with Crippen molar-refractivity contribution in [2.24, 2.45) is 10.8 Å². The highest BCUT2D eigenvalue weighted by Crippen LogP contribution is 2.11. The van der Waals surface area contributed by atoms with E-state index in [0.717, 1.165) is 70.3 Å². The van der Waals surface area contributed by atoms with Gasteiger partial charge in [0, 0.05) is 37.7 Å². The first-order chi connectivity index (χ1) is 15.0. The van der Waals surface area contributed by atoms with Crippen LogP contribution in [0.1, 0.15) is 65.7 Å². The first-order valence-electron chi connectivity index (χ1n) is 11.7. The van der Waals surface area contributed by atoms with Crippen LogP contribution in [-0.2, 0) is 0 Å². The molecule has 0 radical (unpaired) electrons. The zero-order valence-electron chi connectivity index (χ0n) is 20.4. The predicted octanol–water partition coefficient (Wildman–Crippen LogP) is 6.58. The minimum absolute atomic E-state index is 0.701. The number of nitrogens with two attached hydrogens (primary N) is 1. The predicted molar refractivity (Wildman–Crippen MR) is 140 cm³/mol. The Morgan fingerprint density at radius 2 is 1.81 bits per heavy atom. The number of allylic oxidation sites excluding steroid dienone is 7. The van der Waals surface area contributed by atoms with Gasteiger partial charge in [-0.25, -0.2) is 5.01 Å². The molecule has 0 aliphatic heterocycles. The van der Waals surface area contributed by atoms with Crippen LogP contribution in [0.25, 0.3) is 0 Å². The lowest BCUT2D eigenvalue weighted by Gasteiger charge is -2.22. The molecule has 0 aliphatic carbocycles. The standard InChI is InChI=1S/C27H46N4/c1-7-15-25(5)17-14-18-27(9-3)19-23-30(24-20-28)22-13-11-12-21-29-31(10-4)26(6)16-8-2/h8,10,14,16-18,21H,2,4-5,7,9,11-13,15,19-20,22-24,28H2,1,3,6H3/b17-14+,26-16+,27-18+,29-21-. The molecule has 0 atom stereocenters. The number of unbranched alkanes of at least 4 members (excludes halogenated alkanes) is 2. The SMILES string of the molecule is C=C/C=C(\C)N(C=C)/N=C\CCCCN(CCN)CC/C(=C/C=C/C(=C)CCC)CC. The third-order valence-electron chi connectivity index (χ3n) is 5.04. The lowest BCUT2D eigenvalue weighted by molar-refractivity contribution is 0.278. The summed E-state index contributed by atoms with van der Waals surface area (Å²) < 4.78 is 0. The summed E-state index contributed by atoms with van der Waals surface area (Å²) in [6, 6.07) is 0. The van der Waals surface area contributed by atoms with Crippen LogP contribution in [0.2, 0.25) is 0 Å². The smallest absolute Gasteiger partial charge is 0.0388 e. The number of rotatable bonds is 19. The Labute approximate surface area is 192 Å². The maximum atomic E-state index is 5.84. The van der Waals surface area contributed by atoms with Crippen LogP contribution >= 0.6 is 0 Å². The van der Waals surface area contributed by atoms with Crippen LogP contribution < -0.4 is 5.73 Å². The second kappa shape index (κ2) is 19.8. The first-order valence-corrected chi connectivity index (χ1v) is 11.7. The monoisotopic (exact) mass is 426 g/mol. The molecular weight excluding hydrogens is 380 g/mol. The molecule has 0 aromatic carbocycles. The van der Waals surface area contributed by atoms with Crippen molar-refractivity contribution in [2.75, 3.05) is 26.2 Å². The molecule has 0 aliphatic rings. The Morgan fingerprint density at radius 1 is 1.03 bits per heavy atom. The van der Waals surface area contributed by atoms with E-state index in [-0.39, 0.29) is 0 Å². The summed E-state index contributed by atoms with van der Waals surface area (Å²) in [5.41, 5.74) is 9.51. The summed E-state index contributed by atoms with van der Waals surface area (Å²) >= 11 is 0. The van der Waals surface area contributed by atoms with E-state index in [1.807, 2.05) is 19.2 Å². The van der Waals surface area contributed by atoms with Crippen molar-refractivity contribution >= 4 is 6.21 Å². The Kier molecular flexibility index (Phi) is 18.4. The summed E-state index contributed by atoms with van der Waals surface area (Å²) in [5, 5.41) is 6.23. The molecule has 0 rings (SSSR count). The van der Waals surface area contributed by atoms with Crippen LogP contribution in [0.4, 0.5) is 0 Å². The Morgan fingerprint density at radius 3 is 2.42 bits per heavy atom. The maximum Gasteiger partial charge on any atom is 0.0388 e. The van der Waals surface area contributed by atoms with Gasteiger partial charge in [-0.3, -0.25) is 0 Å². The molecule has 31 heavy (non-hydrogen) atoms. The minimum atomic E-state index is 0.701. The summed E-state index contributed by atoms with van der Waals surface area (Å²) in [7, 11) is 0. The summed E-state index contributed by atoms with van der Waals surface area (Å²) in [5.74, 6) is 0. The molecule has 0 fully saturated rings. The van der Waals surface area contributed by atoms with Crippen molar-refractivity contribution in [3.05, 3.63) is 73.2 Å². The molecule has 0 heterocycles. The van der Waals surface area contributed by atoms with E-state index in [1.54, 1.807) is 17.3 Å². The van der Waals surface area contributed by atoms with Crippen molar-refractivity contribution in [1.82, 2.24) is 9.91 Å². The molecule has 0 amide bonds. The van der Waals surface area contributed by atoms with Crippen molar-refractivity contribution in [3.63, 3.8) is 0 Å². The molecule has 0 saturated heterocycles. The van der Waals surface area contributed by atoms with Crippen molar-refractivity contribution < 1.29 is 0 Å². The number of nitrogens with zero attached hydrogens (tertiary/aromatic N) is 3. The van der Waals surface area contributed by atoms with Crippen LogP contribution in [0.15, 0.2) is 78.3 Å². The van der Waals surface area contributed by atoms with Gasteiger partial charge in [-0.1, -0.05) is 75.5 Å². The molecule has 174 valence electrons. The van der Waals surface area contributed by atoms with E-state index in [4.69, 9.17) is 5.73 Å². The van der Waals surface area contributed by atoms with E-state index in [0.29, 0.717) is 6.54 Å². The quantitative estimate of drug-likeness (QED) is 0.110. The van der Waals surface area contributed by atoms with Crippen LogP contribution in [-0.4, -0.2) is 42.3 Å². The molecule has 0 spiro atoms. The third kappa shape index (κ3) is 15.3. The van der Waals surface area contributed by atoms with Gasteiger partial charge in [0.05, 0.1) is 0 Å². The number of hydrazone groups is 1. The highest BCUT2D eigenvalue weighted by molar-refractivity contribution is 5.56. The Balaban J connectivity index is 4.43. The molecule has 0 unspecified atom stereocenters. The summed E-state index contributed by atoms with van der Waals surface area (Å²) in [6.45, 7) is 21.8. The second-order valence-electron chi connectivity index (χ2n) is 7.69. The highest BCUT2D eigenvalue weighted by Gasteiger charge is 2.05. The van der Waals surface area contributed by atoms with Crippen LogP contribution in [0.3, 0.4) is 0 Å². The van der Waals surface area contributed by atoms with Crippen molar-refractivity contribution in [1.29, 1.82) is 0 Å². The molecule has 0 bridgehead atoms. The zero-order chi connectivity index (χ0) is 23.3. The summed E-state index contributed by atoms with van der Waals surface area (Å²) in [4.78, 5) is 2.48. The fraction of sp³-hybridized carbons (Fsp3) is 0.519. The van der Waals surface area contributed by atoms with Crippen LogP contribution in [0.5, 0.6) is 0 Å². The van der Waals surface area contributed by atoms with Crippen molar-refractivity contribution in [3.8, 4) is 0 Å². The molecule has 2 N–H and O–H groups in total. The van der Waals surface area contributed by atoms with Gasteiger partial charge in [0.15, 0.2) is 0 Å². The largest absolute Gasteiger partial charge is 0.329 e. The molecule has 0 aromatic rings. The third-order valence-corrected chi connectivity index (χ3v) is 5.04.